The Morgan fingerprint density at radius 1 is 1.53 bits per heavy atom. The highest BCUT2D eigenvalue weighted by molar-refractivity contribution is 6.09. The van der Waals surface area contributed by atoms with Crippen molar-refractivity contribution in [1.29, 1.82) is 0 Å². The molecule has 0 heterocycles. The molecule has 0 aromatic heterocycles. The third kappa shape index (κ3) is 2.37. The summed E-state index contributed by atoms with van der Waals surface area (Å²) in [6.45, 7) is 3.68. The van der Waals surface area contributed by atoms with Crippen LogP contribution in [0.4, 0.5) is 0 Å². The lowest BCUT2D eigenvalue weighted by molar-refractivity contribution is -0.134. The molecule has 3 N–H and O–H groups in total. The monoisotopic (exact) mass is 239 g/mol. The van der Waals surface area contributed by atoms with Crippen molar-refractivity contribution >= 4 is 11.7 Å². The number of hydrogen-bond acceptors (Lipinski definition) is 3. The van der Waals surface area contributed by atoms with Gasteiger partial charge in [-0.3, -0.25) is 4.79 Å². The minimum absolute atomic E-state index is 0.0570. The third-order valence-electron chi connectivity index (χ3n) is 3.71. The van der Waals surface area contributed by atoms with Crippen LogP contribution in [0.5, 0.6) is 0 Å². The second-order valence-electron chi connectivity index (χ2n) is 5.26. The molecule has 0 atom stereocenters. The molecule has 0 saturated heterocycles. The van der Waals surface area contributed by atoms with E-state index < -0.39 is 5.41 Å². The van der Waals surface area contributed by atoms with Gasteiger partial charge in [-0.1, -0.05) is 12.1 Å². The first-order valence-corrected chi connectivity index (χ1v) is 6.41. The number of rotatable bonds is 6. The van der Waals surface area contributed by atoms with Crippen LogP contribution in [0.1, 0.15) is 39.0 Å². The average molecular weight is 239 g/mol. The van der Waals surface area contributed by atoms with E-state index >= 15 is 0 Å². The summed E-state index contributed by atoms with van der Waals surface area (Å²) >= 11 is 0. The maximum atomic E-state index is 12.4. The third-order valence-corrected chi connectivity index (χ3v) is 3.71. The van der Waals surface area contributed by atoms with Gasteiger partial charge in [-0.2, -0.15) is 0 Å². The fourth-order valence-corrected chi connectivity index (χ4v) is 2.26. The summed E-state index contributed by atoms with van der Waals surface area (Å²) in [5.74, 6) is 0.814. The van der Waals surface area contributed by atoms with Gasteiger partial charge in [0.1, 0.15) is 5.41 Å². The predicted octanol–water partition coefficient (Wildman–Crippen LogP) is 1.16. The van der Waals surface area contributed by atoms with Crippen LogP contribution in [-0.4, -0.2) is 34.9 Å². The quantitative estimate of drug-likeness (QED) is 0.316. The Morgan fingerprint density at radius 3 is 2.59 bits per heavy atom. The fourth-order valence-electron chi connectivity index (χ4n) is 2.26. The van der Waals surface area contributed by atoms with Crippen LogP contribution in [0.25, 0.3) is 0 Å². The zero-order valence-electron chi connectivity index (χ0n) is 10.4. The standard InChI is InChI=1S/C12H21N3O2/c1-2-7-15(8-9-3-4-9)11(16)12(5-6-12)10(13)14-17/h9,17H,2-8H2,1H3,(H2,13,14). The topological polar surface area (TPSA) is 78.9 Å². The van der Waals surface area contributed by atoms with Crippen LogP contribution in [0, 0.1) is 11.3 Å². The van der Waals surface area contributed by atoms with Crippen molar-refractivity contribution < 1.29 is 10.0 Å². The molecule has 2 rings (SSSR count). The highest BCUT2D eigenvalue weighted by Gasteiger charge is 2.56. The van der Waals surface area contributed by atoms with E-state index in [1.807, 2.05) is 4.90 Å². The molecule has 1 amide bonds. The molecular weight excluding hydrogens is 218 g/mol. The van der Waals surface area contributed by atoms with Crippen molar-refractivity contribution in [3.63, 3.8) is 0 Å². The molecule has 5 nitrogen and oxygen atoms in total. The summed E-state index contributed by atoms with van der Waals surface area (Å²) in [7, 11) is 0. The molecule has 0 spiro atoms. The van der Waals surface area contributed by atoms with E-state index in [9.17, 15) is 4.79 Å². The minimum atomic E-state index is -0.682. The Labute approximate surface area is 102 Å². The van der Waals surface area contributed by atoms with Gasteiger partial charge >= 0.3 is 0 Å². The van der Waals surface area contributed by atoms with Crippen molar-refractivity contribution in [3.05, 3.63) is 0 Å². The maximum Gasteiger partial charge on any atom is 0.236 e. The number of carbonyl (C=O) groups is 1. The highest BCUT2D eigenvalue weighted by atomic mass is 16.4. The van der Waals surface area contributed by atoms with Gasteiger partial charge in [-0.25, -0.2) is 0 Å². The molecular formula is C12H21N3O2. The first-order valence-electron chi connectivity index (χ1n) is 6.41. The molecule has 2 aliphatic rings. The van der Waals surface area contributed by atoms with Crippen molar-refractivity contribution in [3.8, 4) is 0 Å². The van der Waals surface area contributed by atoms with Crippen molar-refractivity contribution in [1.82, 2.24) is 4.90 Å². The second-order valence-corrected chi connectivity index (χ2v) is 5.26. The minimum Gasteiger partial charge on any atom is -0.409 e. The first kappa shape index (κ1) is 12.2. The van der Waals surface area contributed by atoms with Crippen molar-refractivity contribution in [2.75, 3.05) is 13.1 Å². The Morgan fingerprint density at radius 2 is 2.18 bits per heavy atom. The van der Waals surface area contributed by atoms with Gasteiger partial charge in [-0.05, 0) is 38.0 Å². The van der Waals surface area contributed by atoms with E-state index in [-0.39, 0.29) is 11.7 Å². The van der Waals surface area contributed by atoms with E-state index in [2.05, 4.69) is 12.1 Å². The Balaban J connectivity index is 2.04. The summed E-state index contributed by atoms with van der Waals surface area (Å²) in [6, 6.07) is 0. The number of carbonyl (C=O) groups excluding carboxylic acids is 1. The Kier molecular flexibility index (Phi) is 3.26. The molecule has 0 aliphatic heterocycles. The smallest absolute Gasteiger partial charge is 0.236 e. The van der Waals surface area contributed by atoms with E-state index in [0.29, 0.717) is 18.8 Å². The zero-order chi connectivity index (χ0) is 12.5. The molecule has 2 aliphatic carbocycles. The Bertz CT molecular complexity index is 333. The van der Waals surface area contributed by atoms with Crippen LogP contribution in [0.2, 0.25) is 0 Å². The Hall–Kier alpha value is -1.26. The molecule has 2 saturated carbocycles. The molecule has 5 heteroatoms. The highest BCUT2D eigenvalue weighted by Crippen LogP contribution is 2.48. The first-order chi connectivity index (χ1) is 8.14. The lowest BCUT2D eigenvalue weighted by Crippen LogP contribution is -2.44. The molecule has 17 heavy (non-hydrogen) atoms. The van der Waals surface area contributed by atoms with E-state index in [1.54, 1.807) is 0 Å². The van der Waals surface area contributed by atoms with Crippen molar-refractivity contribution in [2.24, 2.45) is 22.2 Å². The van der Waals surface area contributed by atoms with Gasteiger partial charge in [0, 0.05) is 13.1 Å². The van der Waals surface area contributed by atoms with Crippen LogP contribution < -0.4 is 5.73 Å². The van der Waals surface area contributed by atoms with Gasteiger partial charge in [0.15, 0.2) is 5.84 Å². The summed E-state index contributed by atoms with van der Waals surface area (Å²) in [5.41, 5.74) is 4.97. The SMILES string of the molecule is CCCN(CC1CC1)C(=O)C1(C(N)=NO)CC1. The van der Waals surface area contributed by atoms with Crippen molar-refractivity contribution in [2.45, 2.75) is 39.0 Å². The van der Waals surface area contributed by atoms with Crippen LogP contribution in [0.3, 0.4) is 0 Å². The molecule has 0 unspecified atom stereocenters. The van der Waals surface area contributed by atoms with Gasteiger partial charge in [0.05, 0.1) is 0 Å². The molecule has 2 fully saturated rings. The van der Waals surface area contributed by atoms with Crippen LogP contribution in [-0.2, 0) is 4.79 Å². The normalized spacial score (nSPS) is 22.3. The maximum absolute atomic E-state index is 12.4. The average Bonchev–Trinajstić information content (AvgIpc) is 3.20. The van der Waals surface area contributed by atoms with E-state index in [0.717, 1.165) is 19.5 Å². The molecule has 96 valence electrons. The van der Waals surface area contributed by atoms with Gasteiger partial charge < -0.3 is 15.8 Å². The van der Waals surface area contributed by atoms with Gasteiger partial charge in [0.2, 0.25) is 5.91 Å². The predicted molar refractivity (Wildman–Crippen MR) is 64.7 cm³/mol. The number of nitrogens with two attached hydrogens (primary N) is 1. The number of amidine groups is 1. The summed E-state index contributed by atoms with van der Waals surface area (Å²) < 4.78 is 0. The number of oxime groups is 1. The van der Waals surface area contributed by atoms with E-state index in [4.69, 9.17) is 10.9 Å². The summed E-state index contributed by atoms with van der Waals surface area (Å²) in [5, 5.41) is 11.8. The molecule has 0 radical (unpaired) electrons. The van der Waals surface area contributed by atoms with Crippen LogP contribution >= 0.6 is 0 Å². The van der Waals surface area contributed by atoms with Gasteiger partial charge in [0.25, 0.3) is 0 Å². The zero-order valence-corrected chi connectivity index (χ0v) is 10.4. The number of hydrogen-bond donors (Lipinski definition) is 2. The molecule has 0 aromatic rings. The lowest BCUT2D eigenvalue weighted by atomic mass is 10.0. The molecule has 0 bridgehead atoms. The largest absolute Gasteiger partial charge is 0.409 e. The number of amides is 1. The summed E-state index contributed by atoms with van der Waals surface area (Å²) in [4.78, 5) is 14.3. The lowest BCUT2D eigenvalue weighted by Gasteiger charge is -2.26. The van der Waals surface area contributed by atoms with E-state index in [1.165, 1.54) is 12.8 Å². The second kappa shape index (κ2) is 4.55. The number of nitrogens with zero attached hydrogens (tertiary/aromatic N) is 2. The van der Waals surface area contributed by atoms with Crippen LogP contribution in [0.15, 0.2) is 5.16 Å². The fraction of sp³-hybridized carbons (Fsp3) is 0.833. The van der Waals surface area contributed by atoms with Gasteiger partial charge in [-0.15, -0.1) is 0 Å². The summed E-state index contributed by atoms with van der Waals surface area (Å²) in [6.07, 6.45) is 4.83. The molecule has 0 aromatic carbocycles.